The van der Waals surface area contributed by atoms with Crippen LogP contribution in [0.5, 0.6) is 0 Å². The Morgan fingerprint density at radius 2 is 2.37 bits per heavy atom. The summed E-state index contributed by atoms with van der Waals surface area (Å²) in [5.41, 5.74) is 7.06. The van der Waals surface area contributed by atoms with Crippen LogP contribution < -0.4 is 11.1 Å². The smallest absolute Gasteiger partial charge is 0.246 e. The topological polar surface area (TPSA) is 72.9 Å². The number of carbonyl (C=O) groups is 1. The Labute approximate surface area is 120 Å². The normalized spacial score (nSPS) is 12.1. The molecular formula is C13H15BrN4O. The van der Waals surface area contributed by atoms with Gasteiger partial charge in [0.2, 0.25) is 5.91 Å². The number of benzene rings is 1. The van der Waals surface area contributed by atoms with Gasteiger partial charge in [-0.15, -0.1) is 0 Å². The molecule has 0 aliphatic heterocycles. The highest BCUT2D eigenvalue weighted by Crippen LogP contribution is 2.22. The minimum atomic E-state index is -0.600. The highest BCUT2D eigenvalue weighted by Gasteiger charge is 2.21. The minimum Gasteiger partial charge on any atom is -0.369 e. The lowest BCUT2D eigenvalue weighted by atomic mass is 10.2. The molecule has 19 heavy (non-hydrogen) atoms. The number of rotatable bonds is 5. The molecule has 1 atom stereocenters. The largest absolute Gasteiger partial charge is 0.369 e. The van der Waals surface area contributed by atoms with Crippen LogP contribution in [0.4, 0.5) is 5.69 Å². The van der Waals surface area contributed by atoms with Crippen molar-refractivity contribution in [2.45, 2.75) is 19.5 Å². The van der Waals surface area contributed by atoms with E-state index in [-0.39, 0.29) is 0 Å². The van der Waals surface area contributed by atoms with Crippen LogP contribution in [0.25, 0.3) is 0 Å². The van der Waals surface area contributed by atoms with Crippen LogP contribution in [0.1, 0.15) is 18.7 Å². The van der Waals surface area contributed by atoms with Crippen LogP contribution in [-0.4, -0.2) is 15.5 Å². The second-order valence-corrected chi connectivity index (χ2v) is 5.01. The minimum absolute atomic E-state index is 0.435. The highest BCUT2D eigenvalue weighted by atomic mass is 79.9. The van der Waals surface area contributed by atoms with E-state index in [0.717, 1.165) is 22.4 Å². The van der Waals surface area contributed by atoms with Crippen molar-refractivity contribution in [1.82, 2.24) is 9.55 Å². The van der Waals surface area contributed by atoms with E-state index in [9.17, 15) is 4.79 Å². The van der Waals surface area contributed by atoms with Gasteiger partial charge in [-0.05, 0) is 25.1 Å². The van der Waals surface area contributed by atoms with Crippen molar-refractivity contribution >= 4 is 27.5 Å². The van der Waals surface area contributed by atoms with Gasteiger partial charge in [0.25, 0.3) is 0 Å². The molecule has 1 amide bonds. The van der Waals surface area contributed by atoms with Crippen LogP contribution in [0.3, 0.4) is 0 Å². The van der Waals surface area contributed by atoms with E-state index < -0.39 is 11.9 Å². The molecule has 1 aromatic carbocycles. The third kappa shape index (κ3) is 3.14. The number of hydrogen-bond donors (Lipinski definition) is 2. The molecule has 0 bridgehead atoms. The molecule has 0 saturated heterocycles. The fraction of sp³-hybridized carbons (Fsp3) is 0.231. The van der Waals surface area contributed by atoms with Gasteiger partial charge in [0, 0.05) is 16.7 Å². The van der Waals surface area contributed by atoms with Gasteiger partial charge in [0.1, 0.15) is 6.04 Å². The maximum absolute atomic E-state index is 11.7. The number of aryl methyl sites for hydroxylation is 1. The molecule has 0 fully saturated rings. The first kappa shape index (κ1) is 13.6. The molecule has 1 heterocycles. The summed E-state index contributed by atoms with van der Waals surface area (Å²) in [5.74, 6) is -0.435. The summed E-state index contributed by atoms with van der Waals surface area (Å²) in [5, 5.41) is 3.13. The highest BCUT2D eigenvalue weighted by molar-refractivity contribution is 9.10. The molecule has 2 rings (SSSR count). The van der Waals surface area contributed by atoms with Gasteiger partial charge in [0.05, 0.1) is 18.2 Å². The fourth-order valence-corrected chi connectivity index (χ4v) is 2.27. The third-order valence-electron chi connectivity index (χ3n) is 2.80. The van der Waals surface area contributed by atoms with Gasteiger partial charge in [-0.3, -0.25) is 4.79 Å². The summed E-state index contributed by atoms with van der Waals surface area (Å²) in [6, 6.07) is 6.98. The first-order chi connectivity index (χ1) is 9.11. The van der Waals surface area contributed by atoms with Crippen molar-refractivity contribution in [3.05, 3.63) is 47.0 Å². The van der Waals surface area contributed by atoms with Crippen molar-refractivity contribution in [3.8, 4) is 0 Å². The van der Waals surface area contributed by atoms with Crippen molar-refractivity contribution in [2.75, 3.05) is 5.32 Å². The number of carbonyl (C=O) groups excluding carboxylic acids is 1. The average Bonchev–Trinajstić information content (AvgIpc) is 2.83. The SMILES string of the molecule is CCn1cncc1C(Nc1cccc(Br)c1)C(N)=O. The Balaban J connectivity index is 2.29. The van der Waals surface area contributed by atoms with Crippen molar-refractivity contribution < 1.29 is 4.79 Å². The Morgan fingerprint density at radius 3 is 3.00 bits per heavy atom. The predicted octanol–water partition coefficient (Wildman–Crippen LogP) is 2.30. The molecule has 100 valence electrons. The number of nitrogens with two attached hydrogens (primary N) is 1. The van der Waals surface area contributed by atoms with Gasteiger partial charge in [0.15, 0.2) is 0 Å². The number of primary amides is 1. The molecule has 0 aliphatic carbocycles. The lowest BCUT2D eigenvalue weighted by Gasteiger charge is -2.18. The number of aromatic nitrogens is 2. The van der Waals surface area contributed by atoms with Crippen molar-refractivity contribution in [1.29, 1.82) is 0 Å². The summed E-state index contributed by atoms with van der Waals surface area (Å²) in [7, 11) is 0. The van der Waals surface area contributed by atoms with E-state index >= 15 is 0 Å². The summed E-state index contributed by atoms with van der Waals surface area (Å²) in [6.07, 6.45) is 3.35. The second-order valence-electron chi connectivity index (χ2n) is 4.09. The average molecular weight is 323 g/mol. The van der Waals surface area contributed by atoms with Gasteiger partial charge in [-0.1, -0.05) is 22.0 Å². The summed E-state index contributed by atoms with van der Waals surface area (Å²) < 4.78 is 2.82. The fourth-order valence-electron chi connectivity index (χ4n) is 1.87. The van der Waals surface area contributed by atoms with E-state index in [0.29, 0.717) is 0 Å². The molecule has 6 heteroatoms. The number of amides is 1. The Bertz CT molecular complexity index is 582. The van der Waals surface area contributed by atoms with Gasteiger partial charge >= 0.3 is 0 Å². The summed E-state index contributed by atoms with van der Waals surface area (Å²) >= 11 is 3.39. The Hall–Kier alpha value is -1.82. The van der Waals surface area contributed by atoms with Crippen molar-refractivity contribution in [2.24, 2.45) is 5.73 Å². The number of nitrogens with one attached hydrogen (secondary N) is 1. The zero-order chi connectivity index (χ0) is 13.8. The standard InChI is InChI=1S/C13H15BrN4O/c1-2-18-8-16-7-11(18)12(13(15)19)17-10-5-3-4-9(14)6-10/h3-8,12,17H,2H2,1H3,(H2,15,19). The molecule has 1 aromatic heterocycles. The molecule has 0 aliphatic rings. The Kier molecular flexibility index (Phi) is 4.21. The third-order valence-corrected chi connectivity index (χ3v) is 3.29. The maximum Gasteiger partial charge on any atom is 0.246 e. The lowest BCUT2D eigenvalue weighted by molar-refractivity contribution is -0.119. The molecule has 1 unspecified atom stereocenters. The molecular weight excluding hydrogens is 308 g/mol. The molecule has 3 N–H and O–H groups in total. The maximum atomic E-state index is 11.7. The van der Waals surface area contributed by atoms with E-state index in [4.69, 9.17) is 5.73 Å². The number of halogens is 1. The number of hydrogen-bond acceptors (Lipinski definition) is 3. The first-order valence-corrected chi connectivity index (χ1v) is 6.72. The molecule has 5 nitrogen and oxygen atoms in total. The molecule has 2 aromatic rings. The van der Waals surface area contributed by atoms with Crippen LogP contribution in [0.2, 0.25) is 0 Å². The lowest BCUT2D eigenvalue weighted by Crippen LogP contribution is -2.29. The van der Waals surface area contributed by atoms with Crippen molar-refractivity contribution in [3.63, 3.8) is 0 Å². The van der Waals surface area contributed by atoms with E-state index in [1.54, 1.807) is 12.5 Å². The molecule has 0 saturated carbocycles. The number of imidazole rings is 1. The summed E-state index contributed by atoms with van der Waals surface area (Å²) in [6.45, 7) is 2.72. The van der Waals surface area contributed by atoms with E-state index in [2.05, 4.69) is 26.2 Å². The van der Waals surface area contributed by atoms with Gasteiger partial charge in [-0.25, -0.2) is 4.98 Å². The van der Waals surface area contributed by atoms with E-state index in [1.165, 1.54) is 0 Å². The predicted molar refractivity (Wildman–Crippen MR) is 77.6 cm³/mol. The zero-order valence-corrected chi connectivity index (χ0v) is 12.1. The van der Waals surface area contributed by atoms with E-state index in [1.807, 2.05) is 35.8 Å². The molecule has 0 radical (unpaired) electrons. The first-order valence-electron chi connectivity index (χ1n) is 5.93. The quantitative estimate of drug-likeness (QED) is 0.887. The van der Waals surface area contributed by atoms with Crippen LogP contribution in [0, 0.1) is 0 Å². The van der Waals surface area contributed by atoms with Crippen LogP contribution in [-0.2, 0) is 11.3 Å². The number of nitrogens with zero attached hydrogens (tertiary/aromatic N) is 2. The zero-order valence-electron chi connectivity index (χ0n) is 10.5. The number of anilines is 1. The van der Waals surface area contributed by atoms with Gasteiger partial charge in [-0.2, -0.15) is 0 Å². The monoisotopic (exact) mass is 322 g/mol. The Morgan fingerprint density at radius 1 is 1.58 bits per heavy atom. The van der Waals surface area contributed by atoms with Crippen LogP contribution >= 0.6 is 15.9 Å². The summed E-state index contributed by atoms with van der Waals surface area (Å²) in [4.78, 5) is 15.7. The van der Waals surface area contributed by atoms with Gasteiger partial charge < -0.3 is 15.6 Å². The second kappa shape index (κ2) is 5.88. The van der Waals surface area contributed by atoms with Crippen LogP contribution in [0.15, 0.2) is 41.3 Å². The molecule has 0 spiro atoms.